The highest BCUT2D eigenvalue weighted by molar-refractivity contribution is 14.1. The monoisotopic (exact) mass is 572 g/mol. The van der Waals surface area contributed by atoms with Gasteiger partial charge in [0.25, 0.3) is 5.91 Å². The number of ether oxygens (including phenoxy) is 1. The van der Waals surface area contributed by atoms with Crippen LogP contribution in [0.5, 0.6) is 5.75 Å². The Morgan fingerprint density at radius 2 is 1.83 bits per heavy atom. The molecule has 152 valence electrons. The highest BCUT2D eigenvalue weighted by Crippen LogP contribution is 2.34. The number of aromatic nitrogens is 1. The van der Waals surface area contributed by atoms with Gasteiger partial charge in [0.1, 0.15) is 11.3 Å². The van der Waals surface area contributed by atoms with Crippen molar-refractivity contribution in [2.75, 3.05) is 11.9 Å². The quantitative estimate of drug-likeness (QED) is 0.205. The molecular formula is C21H12Cl3IN2O3. The normalized spacial score (nSPS) is 10.9. The third-order valence-corrected chi connectivity index (χ3v) is 5.76. The Hall–Kier alpha value is -2.00. The van der Waals surface area contributed by atoms with Gasteiger partial charge in [0.15, 0.2) is 12.2 Å². The van der Waals surface area contributed by atoms with E-state index in [2.05, 4.69) is 32.9 Å². The fraction of sp³-hybridized carbons (Fsp3) is 0.0476. The zero-order valence-electron chi connectivity index (χ0n) is 15.1. The molecule has 0 aliphatic carbocycles. The SMILES string of the molecule is O=C(COc1cc(Cl)c(Cl)cc1Cl)Nc1ccc2oc(-c3cccc(I)c3)nc2c1. The molecule has 0 spiro atoms. The van der Waals surface area contributed by atoms with Crippen LogP contribution in [0.15, 0.2) is 59.0 Å². The number of anilines is 1. The molecule has 1 heterocycles. The number of rotatable bonds is 5. The summed E-state index contributed by atoms with van der Waals surface area (Å²) in [5.41, 5.74) is 2.71. The summed E-state index contributed by atoms with van der Waals surface area (Å²) in [5, 5.41) is 3.62. The van der Waals surface area contributed by atoms with Gasteiger partial charge in [-0.1, -0.05) is 40.9 Å². The number of hydrogen-bond acceptors (Lipinski definition) is 4. The topological polar surface area (TPSA) is 64.4 Å². The molecule has 0 aliphatic heterocycles. The number of nitrogens with zero attached hydrogens (tertiary/aromatic N) is 1. The lowest BCUT2D eigenvalue weighted by Crippen LogP contribution is -2.20. The second-order valence-corrected chi connectivity index (χ2v) is 8.71. The first kappa shape index (κ1) is 21.2. The van der Waals surface area contributed by atoms with E-state index in [1.54, 1.807) is 18.2 Å². The summed E-state index contributed by atoms with van der Waals surface area (Å²) < 4.78 is 12.3. The first-order valence-electron chi connectivity index (χ1n) is 8.63. The third kappa shape index (κ3) is 4.83. The number of hydrogen-bond donors (Lipinski definition) is 1. The Morgan fingerprint density at radius 1 is 1.03 bits per heavy atom. The van der Waals surface area contributed by atoms with E-state index in [-0.39, 0.29) is 28.3 Å². The van der Waals surface area contributed by atoms with Gasteiger partial charge in [0, 0.05) is 20.9 Å². The van der Waals surface area contributed by atoms with Gasteiger partial charge >= 0.3 is 0 Å². The van der Waals surface area contributed by atoms with Crippen molar-refractivity contribution in [2.45, 2.75) is 0 Å². The maximum Gasteiger partial charge on any atom is 0.262 e. The number of benzene rings is 3. The molecule has 9 heteroatoms. The average molecular weight is 574 g/mol. The molecule has 4 rings (SSSR count). The van der Waals surface area contributed by atoms with Crippen LogP contribution >= 0.6 is 57.4 Å². The first-order chi connectivity index (χ1) is 14.4. The minimum atomic E-state index is -0.363. The number of carbonyl (C=O) groups is 1. The molecule has 0 unspecified atom stereocenters. The smallest absolute Gasteiger partial charge is 0.262 e. The van der Waals surface area contributed by atoms with E-state index in [1.165, 1.54) is 12.1 Å². The molecule has 0 saturated heterocycles. The second-order valence-electron chi connectivity index (χ2n) is 6.25. The first-order valence-corrected chi connectivity index (χ1v) is 10.8. The molecule has 5 nitrogen and oxygen atoms in total. The molecule has 3 aromatic carbocycles. The number of halogens is 4. The fourth-order valence-corrected chi connectivity index (χ4v) is 3.84. The maximum atomic E-state index is 12.3. The molecule has 0 radical (unpaired) electrons. The molecule has 0 atom stereocenters. The van der Waals surface area contributed by atoms with Crippen LogP contribution in [0, 0.1) is 3.57 Å². The van der Waals surface area contributed by atoms with Crippen LogP contribution < -0.4 is 10.1 Å². The Balaban J connectivity index is 1.46. The summed E-state index contributed by atoms with van der Waals surface area (Å²) in [6, 6.07) is 16.0. The van der Waals surface area contributed by atoms with Crippen molar-refractivity contribution < 1.29 is 13.9 Å². The number of carbonyl (C=O) groups excluding carboxylic acids is 1. The zero-order chi connectivity index (χ0) is 21.3. The Morgan fingerprint density at radius 3 is 2.63 bits per heavy atom. The number of nitrogens with one attached hydrogen (secondary N) is 1. The van der Waals surface area contributed by atoms with Gasteiger partial charge in [0.05, 0.1) is 15.1 Å². The van der Waals surface area contributed by atoms with Crippen LogP contribution in [0.1, 0.15) is 0 Å². The standard InChI is InChI=1S/C21H12Cl3IN2O3/c22-14-8-16(24)19(9-15(14)23)29-10-20(28)26-13-4-5-18-17(7-13)27-21(30-18)11-2-1-3-12(25)6-11/h1-9H,10H2,(H,26,28). The van der Waals surface area contributed by atoms with E-state index in [0.717, 1.165) is 9.13 Å². The molecule has 0 bridgehead atoms. The van der Waals surface area contributed by atoms with E-state index in [1.807, 2.05) is 24.3 Å². The summed E-state index contributed by atoms with van der Waals surface area (Å²) >= 11 is 20.1. The number of amides is 1. The molecule has 0 fully saturated rings. The van der Waals surface area contributed by atoms with Crippen molar-refractivity contribution >= 4 is 80.1 Å². The molecule has 0 aliphatic rings. The molecule has 0 saturated carbocycles. The molecule has 1 aromatic heterocycles. The van der Waals surface area contributed by atoms with Crippen LogP contribution in [-0.2, 0) is 4.79 Å². The van der Waals surface area contributed by atoms with Crippen LogP contribution in [0.3, 0.4) is 0 Å². The number of oxazole rings is 1. The van der Waals surface area contributed by atoms with Crippen molar-refractivity contribution in [3.8, 4) is 17.2 Å². The van der Waals surface area contributed by atoms with Crippen LogP contribution in [0.4, 0.5) is 5.69 Å². The lowest BCUT2D eigenvalue weighted by molar-refractivity contribution is -0.118. The lowest BCUT2D eigenvalue weighted by atomic mass is 10.2. The summed E-state index contributed by atoms with van der Waals surface area (Å²) in [5.74, 6) is 0.428. The Kier molecular flexibility index (Phi) is 6.38. The maximum absolute atomic E-state index is 12.3. The van der Waals surface area contributed by atoms with Gasteiger partial charge in [-0.2, -0.15) is 0 Å². The highest BCUT2D eigenvalue weighted by Gasteiger charge is 2.12. The van der Waals surface area contributed by atoms with Crippen LogP contribution in [0.2, 0.25) is 15.1 Å². The molecule has 4 aromatic rings. The van der Waals surface area contributed by atoms with E-state index in [4.69, 9.17) is 44.0 Å². The minimum Gasteiger partial charge on any atom is -0.482 e. The lowest BCUT2D eigenvalue weighted by Gasteiger charge is -2.09. The van der Waals surface area contributed by atoms with Gasteiger partial charge in [-0.25, -0.2) is 4.98 Å². The van der Waals surface area contributed by atoms with Gasteiger partial charge in [0.2, 0.25) is 5.89 Å². The van der Waals surface area contributed by atoms with Gasteiger partial charge in [-0.15, -0.1) is 0 Å². The fourth-order valence-electron chi connectivity index (χ4n) is 2.71. The largest absolute Gasteiger partial charge is 0.482 e. The molecule has 30 heavy (non-hydrogen) atoms. The van der Waals surface area contributed by atoms with Crippen LogP contribution in [0.25, 0.3) is 22.6 Å². The average Bonchev–Trinajstić information content (AvgIpc) is 3.13. The van der Waals surface area contributed by atoms with Crippen molar-refractivity contribution in [2.24, 2.45) is 0 Å². The predicted octanol–water partition coefficient (Wildman–Crippen LogP) is 7.08. The third-order valence-electron chi connectivity index (χ3n) is 4.08. The van der Waals surface area contributed by atoms with Crippen molar-refractivity contribution in [3.05, 3.63) is 73.2 Å². The second kappa shape index (κ2) is 9.01. The highest BCUT2D eigenvalue weighted by atomic mass is 127. The number of fused-ring (bicyclic) bond motifs is 1. The van der Waals surface area contributed by atoms with Gasteiger partial charge in [-0.05, 0) is 65.1 Å². The van der Waals surface area contributed by atoms with Crippen molar-refractivity contribution in [1.29, 1.82) is 0 Å². The predicted molar refractivity (Wildman–Crippen MR) is 128 cm³/mol. The molecular weight excluding hydrogens is 562 g/mol. The van der Waals surface area contributed by atoms with E-state index in [0.29, 0.717) is 27.7 Å². The molecule has 1 N–H and O–H groups in total. The van der Waals surface area contributed by atoms with E-state index < -0.39 is 0 Å². The summed E-state index contributed by atoms with van der Waals surface area (Å²) in [7, 11) is 0. The molecule has 1 amide bonds. The van der Waals surface area contributed by atoms with Gasteiger partial charge in [-0.3, -0.25) is 4.79 Å². The van der Waals surface area contributed by atoms with Gasteiger partial charge < -0.3 is 14.5 Å². The van der Waals surface area contributed by atoms with Crippen LogP contribution in [-0.4, -0.2) is 17.5 Å². The Bertz CT molecular complexity index is 1260. The minimum absolute atomic E-state index is 0.248. The summed E-state index contributed by atoms with van der Waals surface area (Å²) in [4.78, 5) is 16.8. The zero-order valence-corrected chi connectivity index (χ0v) is 19.5. The van der Waals surface area contributed by atoms with E-state index >= 15 is 0 Å². The summed E-state index contributed by atoms with van der Waals surface area (Å²) in [6.45, 7) is -0.248. The van der Waals surface area contributed by atoms with Crippen molar-refractivity contribution in [3.63, 3.8) is 0 Å². The summed E-state index contributed by atoms with van der Waals surface area (Å²) in [6.07, 6.45) is 0. The van der Waals surface area contributed by atoms with E-state index in [9.17, 15) is 4.79 Å². The Labute approximate surface area is 200 Å². The van der Waals surface area contributed by atoms with Crippen molar-refractivity contribution in [1.82, 2.24) is 4.98 Å².